The van der Waals surface area contributed by atoms with Crippen LogP contribution in [-0.2, 0) is 4.79 Å². The molecule has 0 radical (unpaired) electrons. The van der Waals surface area contributed by atoms with Crippen molar-refractivity contribution in [1.29, 1.82) is 0 Å². The molecule has 0 aromatic heterocycles. The lowest BCUT2D eigenvalue weighted by Crippen LogP contribution is -2.44. The van der Waals surface area contributed by atoms with Crippen LogP contribution < -0.4 is 14.8 Å². The maximum Gasteiger partial charge on any atom is 0.387 e. The summed E-state index contributed by atoms with van der Waals surface area (Å²) in [5.41, 5.74) is 1.92. The summed E-state index contributed by atoms with van der Waals surface area (Å²) in [7, 11) is 1.53. The molecule has 0 unspecified atom stereocenters. The van der Waals surface area contributed by atoms with Crippen molar-refractivity contribution in [1.82, 2.24) is 4.90 Å². The number of rotatable bonds is 7. The normalized spacial score (nSPS) is 15.3. The van der Waals surface area contributed by atoms with Gasteiger partial charge in [0.1, 0.15) is 17.5 Å². The first kappa shape index (κ1) is 23.6. The molecule has 3 aromatic carbocycles. The molecule has 4 rings (SSSR count). The number of nitrogens with one attached hydrogen (secondary N) is 1. The topological polar surface area (TPSA) is 67.9 Å². The van der Waals surface area contributed by atoms with Crippen LogP contribution in [0.4, 0.5) is 14.5 Å². The molecule has 1 atom stereocenters. The lowest BCUT2D eigenvalue weighted by molar-refractivity contribution is -0.119. The highest BCUT2D eigenvalue weighted by molar-refractivity contribution is 7.99. The molecule has 6 nitrogen and oxygen atoms in total. The zero-order chi connectivity index (χ0) is 24.1. The number of anilines is 1. The van der Waals surface area contributed by atoms with Gasteiger partial charge in [-0.25, -0.2) is 0 Å². The SMILES string of the molecule is COc1ccc(-c2cc(NC(=O)[C@@H]3CSCN3C(=O)c3ccccc3)ccc2OC(F)F)cc1. The van der Waals surface area contributed by atoms with Crippen molar-refractivity contribution in [2.24, 2.45) is 0 Å². The number of halogens is 2. The molecule has 3 aromatic rings. The van der Waals surface area contributed by atoms with Crippen LogP contribution in [0.15, 0.2) is 72.8 Å². The summed E-state index contributed by atoms with van der Waals surface area (Å²) in [6.07, 6.45) is 0. The minimum atomic E-state index is -2.99. The standard InChI is InChI=1S/C25H22F2N2O4S/c1-32-19-10-7-16(8-11-19)20-13-18(9-12-22(20)33-25(26)27)28-23(30)21-14-34-15-29(21)24(31)17-5-3-2-4-6-17/h2-13,21,25H,14-15H2,1H3,(H,28,30)/t21-/m0/s1. The van der Waals surface area contributed by atoms with Gasteiger partial charge < -0.3 is 19.7 Å². The molecule has 176 valence electrons. The highest BCUT2D eigenvalue weighted by atomic mass is 32.2. The smallest absolute Gasteiger partial charge is 0.387 e. The largest absolute Gasteiger partial charge is 0.497 e. The number of amides is 2. The summed E-state index contributed by atoms with van der Waals surface area (Å²) >= 11 is 1.49. The number of benzene rings is 3. The predicted molar refractivity (Wildman–Crippen MR) is 127 cm³/mol. The van der Waals surface area contributed by atoms with Gasteiger partial charge in [-0.05, 0) is 48.0 Å². The maximum atomic E-state index is 13.1. The molecule has 1 heterocycles. The Balaban J connectivity index is 1.56. The van der Waals surface area contributed by atoms with Gasteiger partial charge in [-0.15, -0.1) is 11.8 Å². The van der Waals surface area contributed by atoms with E-state index in [9.17, 15) is 18.4 Å². The number of hydrogen-bond acceptors (Lipinski definition) is 5. The third kappa shape index (κ3) is 5.31. The summed E-state index contributed by atoms with van der Waals surface area (Å²) in [5, 5.41) is 2.82. The molecular formula is C25H22F2N2O4S. The van der Waals surface area contributed by atoms with Crippen molar-refractivity contribution in [3.63, 3.8) is 0 Å². The molecule has 1 aliphatic rings. The third-order valence-electron chi connectivity index (χ3n) is 5.33. The Kier molecular flexibility index (Phi) is 7.32. The average molecular weight is 485 g/mol. The minimum Gasteiger partial charge on any atom is -0.497 e. The molecule has 9 heteroatoms. The first-order valence-corrected chi connectivity index (χ1v) is 11.6. The van der Waals surface area contributed by atoms with E-state index in [0.29, 0.717) is 39.8 Å². The average Bonchev–Trinajstić information content (AvgIpc) is 3.35. The van der Waals surface area contributed by atoms with Gasteiger partial charge in [-0.1, -0.05) is 30.3 Å². The molecule has 2 amide bonds. The fraction of sp³-hybridized carbons (Fsp3) is 0.200. The van der Waals surface area contributed by atoms with Crippen LogP contribution in [-0.4, -0.2) is 48.1 Å². The second kappa shape index (κ2) is 10.6. The fourth-order valence-corrected chi connectivity index (χ4v) is 4.79. The van der Waals surface area contributed by atoms with Crippen LogP contribution >= 0.6 is 11.8 Å². The third-order valence-corrected chi connectivity index (χ3v) is 6.34. The first-order chi connectivity index (χ1) is 16.5. The lowest BCUT2D eigenvalue weighted by atomic mass is 10.0. The van der Waals surface area contributed by atoms with E-state index in [4.69, 9.17) is 4.74 Å². The number of alkyl halides is 2. The van der Waals surface area contributed by atoms with Crippen LogP contribution in [0, 0.1) is 0 Å². The molecule has 1 fully saturated rings. The molecule has 1 N–H and O–H groups in total. The summed E-state index contributed by atoms with van der Waals surface area (Å²) in [6, 6.07) is 19.4. The zero-order valence-corrected chi connectivity index (χ0v) is 19.1. The van der Waals surface area contributed by atoms with E-state index in [0.717, 1.165) is 0 Å². The van der Waals surface area contributed by atoms with E-state index in [1.807, 2.05) is 6.07 Å². The van der Waals surface area contributed by atoms with E-state index < -0.39 is 12.7 Å². The Morgan fingerprint density at radius 2 is 1.79 bits per heavy atom. The Hall–Kier alpha value is -3.59. The van der Waals surface area contributed by atoms with Crippen LogP contribution in [0.5, 0.6) is 11.5 Å². The van der Waals surface area contributed by atoms with E-state index in [1.165, 1.54) is 35.9 Å². The predicted octanol–water partition coefficient (Wildman–Crippen LogP) is 5.12. The summed E-state index contributed by atoms with van der Waals surface area (Å²) in [5.74, 6) is 0.900. The van der Waals surface area contributed by atoms with Gasteiger partial charge in [-0.2, -0.15) is 8.78 Å². The molecular weight excluding hydrogens is 462 g/mol. The highest BCUT2D eigenvalue weighted by Crippen LogP contribution is 2.35. The second-order valence-corrected chi connectivity index (χ2v) is 8.46. The molecule has 1 aliphatic heterocycles. The lowest BCUT2D eigenvalue weighted by Gasteiger charge is -2.23. The molecule has 1 saturated heterocycles. The molecule has 0 bridgehead atoms. The van der Waals surface area contributed by atoms with Crippen molar-refractivity contribution >= 4 is 29.3 Å². The fourth-order valence-electron chi connectivity index (χ4n) is 3.63. The van der Waals surface area contributed by atoms with Crippen LogP contribution in [0.1, 0.15) is 10.4 Å². The number of carbonyl (C=O) groups excluding carboxylic acids is 2. The van der Waals surface area contributed by atoms with Gasteiger partial charge in [0.25, 0.3) is 5.91 Å². The highest BCUT2D eigenvalue weighted by Gasteiger charge is 2.35. The van der Waals surface area contributed by atoms with Crippen molar-refractivity contribution in [2.45, 2.75) is 12.7 Å². The number of carbonyl (C=O) groups is 2. The number of methoxy groups -OCH3 is 1. The zero-order valence-electron chi connectivity index (χ0n) is 18.2. The summed E-state index contributed by atoms with van der Waals surface area (Å²) < 4.78 is 35.7. The van der Waals surface area contributed by atoms with Gasteiger partial charge in [-0.3, -0.25) is 9.59 Å². The van der Waals surface area contributed by atoms with Crippen LogP contribution in [0.25, 0.3) is 11.1 Å². The van der Waals surface area contributed by atoms with Crippen molar-refractivity contribution in [3.05, 3.63) is 78.4 Å². The number of hydrogen-bond donors (Lipinski definition) is 1. The first-order valence-electron chi connectivity index (χ1n) is 10.4. The molecule has 0 spiro atoms. The summed E-state index contributed by atoms with van der Waals surface area (Å²) in [6.45, 7) is -2.99. The Morgan fingerprint density at radius 3 is 2.47 bits per heavy atom. The number of ether oxygens (including phenoxy) is 2. The van der Waals surface area contributed by atoms with Crippen LogP contribution in [0.2, 0.25) is 0 Å². The quantitative estimate of drug-likeness (QED) is 0.504. The number of thioether (sulfide) groups is 1. The second-order valence-electron chi connectivity index (χ2n) is 7.46. The van der Waals surface area contributed by atoms with Gasteiger partial charge in [0, 0.05) is 22.6 Å². The van der Waals surface area contributed by atoms with E-state index >= 15 is 0 Å². The Bertz CT molecular complexity index is 1160. The van der Waals surface area contributed by atoms with E-state index in [2.05, 4.69) is 10.1 Å². The molecule has 34 heavy (non-hydrogen) atoms. The van der Waals surface area contributed by atoms with E-state index in [1.54, 1.807) is 54.6 Å². The minimum absolute atomic E-state index is 0.0181. The molecule has 0 saturated carbocycles. The van der Waals surface area contributed by atoms with Crippen molar-refractivity contribution < 1.29 is 27.8 Å². The monoisotopic (exact) mass is 484 g/mol. The Labute approximate surface area is 199 Å². The van der Waals surface area contributed by atoms with Gasteiger partial charge in [0.2, 0.25) is 5.91 Å². The van der Waals surface area contributed by atoms with Gasteiger partial charge >= 0.3 is 6.61 Å². The van der Waals surface area contributed by atoms with E-state index in [-0.39, 0.29) is 17.6 Å². The van der Waals surface area contributed by atoms with Crippen LogP contribution in [0.3, 0.4) is 0 Å². The molecule has 0 aliphatic carbocycles. The Morgan fingerprint density at radius 1 is 1.06 bits per heavy atom. The maximum absolute atomic E-state index is 13.1. The van der Waals surface area contributed by atoms with Gasteiger partial charge in [0.05, 0.1) is 13.0 Å². The van der Waals surface area contributed by atoms with Gasteiger partial charge in [0.15, 0.2) is 0 Å². The number of nitrogens with zero attached hydrogens (tertiary/aromatic N) is 1. The van der Waals surface area contributed by atoms with Crippen molar-refractivity contribution in [3.8, 4) is 22.6 Å². The summed E-state index contributed by atoms with van der Waals surface area (Å²) in [4.78, 5) is 27.5. The van der Waals surface area contributed by atoms with Crippen molar-refractivity contribution in [2.75, 3.05) is 24.1 Å².